The molecule has 100 valence electrons. The van der Waals surface area contributed by atoms with Gasteiger partial charge in [-0.1, -0.05) is 37.3 Å². The maximum atomic E-state index is 3.68. The summed E-state index contributed by atoms with van der Waals surface area (Å²) in [6.07, 6.45) is 1.32. The second kappa shape index (κ2) is 5.48. The van der Waals surface area contributed by atoms with E-state index in [-0.39, 0.29) is 0 Å². The Morgan fingerprint density at radius 2 is 2.11 bits per heavy atom. The molecule has 1 aliphatic carbocycles. The molecule has 1 aromatic heterocycles. The first kappa shape index (κ1) is 12.9. The van der Waals surface area contributed by atoms with Gasteiger partial charge in [0.2, 0.25) is 0 Å². The smallest absolute Gasteiger partial charge is 0.0362 e. The van der Waals surface area contributed by atoms with Gasteiger partial charge in [-0.05, 0) is 54.3 Å². The van der Waals surface area contributed by atoms with E-state index in [4.69, 9.17) is 0 Å². The van der Waals surface area contributed by atoms with Gasteiger partial charge in [0.1, 0.15) is 0 Å². The molecule has 1 fully saturated rings. The summed E-state index contributed by atoms with van der Waals surface area (Å²) in [5.41, 5.74) is 2.98. The van der Waals surface area contributed by atoms with Gasteiger partial charge >= 0.3 is 0 Å². The van der Waals surface area contributed by atoms with E-state index >= 15 is 0 Å². The molecular formula is C17H21NS. The largest absolute Gasteiger partial charge is 0.310 e. The van der Waals surface area contributed by atoms with Gasteiger partial charge in [0.05, 0.1) is 0 Å². The van der Waals surface area contributed by atoms with Crippen LogP contribution in [0.1, 0.15) is 41.3 Å². The molecule has 0 amide bonds. The Morgan fingerprint density at radius 1 is 1.32 bits per heavy atom. The van der Waals surface area contributed by atoms with Crippen LogP contribution in [0.15, 0.2) is 41.8 Å². The van der Waals surface area contributed by atoms with E-state index in [0.29, 0.717) is 6.04 Å². The first-order valence-corrected chi connectivity index (χ1v) is 8.01. The molecule has 0 saturated heterocycles. The molecular weight excluding hydrogens is 250 g/mol. The van der Waals surface area contributed by atoms with E-state index in [0.717, 1.165) is 18.4 Å². The third-order valence-electron chi connectivity index (χ3n) is 4.03. The van der Waals surface area contributed by atoms with Crippen LogP contribution in [0.2, 0.25) is 0 Å². The average molecular weight is 271 g/mol. The topological polar surface area (TPSA) is 12.0 Å². The molecule has 0 aliphatic heterocycles. The predicted octanol–water partition coefficient (Wildman–Crippen LogP) is 4.51. The molecule has 3 rings (SSSR count). The van der Waals surface area contributed by atoms with Crippen molar-refractivity contribution < 1.29 is 0 Å². The highest BCUT2D eigenvalue weighted by Gasteiger charge is 2.44. The monoisotopic (exact) mass is 271 g/mol. The van der Waals surface area contributed by atoms with Crippen LogP contribution in [0.5, 0.6) is 0 Å². The van der Waals surface area contributed by atoms with E-state index in [9.17, 15) is 0 Å². The summed E-state index contributed by atoms with van der Waals surface area (Å²) in [7, 11) is 0. The van der Waals surface area contributed by atoms with Crippen LogP contribution in [-0.2, 0) is 0 Å². The number of nitrogens with one attached hydrogen (secondary N) is 1. The van der Waals surface area contributed by atoms with Gasteiger partial charge in [-0.15, -0.1) is 11.3 Å². The van der Waals surface area contributed by atoms with Crippen molar-refractivity contribution in [1.29, 1.82) is 0 Å². The van der Waals surface area contributed by atoms with Crippen LogP contribution >= 0.6 is 11.3 Å². The van der Waals surface area contributed by atoms with Gasteiger partial charge in [0, 0.05) is 10.9 Å². The minimum atomic E-state index is 0.528. The van der Waals surface area contributed by atoms with Crippen LogP contribution < -0.4 is 5.32 Å². The molecule has 1 aliphatic rings. The fraction of sp³-hybridized carbons (Fsp3) is 0.412. The number of rotatable bonds is 5. The lowest BCUT2D eigenvalue weighted by molar-refractivity contribution is 0.488. The van der Waals surface area contributed by atoms with Crippen molar-refractivity contribution in [2.45, 2.75) is 32.2 Å². The van der Waals surface area contributed by atoms with Crippen molar-refractivity contribution in [3.8, 4) is 0 Å². The Kier molecular flexibility index (Phi) is 3.72. The lowest BCUT2D eigenvalue weighted by Gasteiger charge is -2.17. The van der Waals surface area contributed by atoms with Gasteiger partial charge < -0.3 is 5.32 Å². The maximum absolute atomic E-state index is 3.68. The van der Waals surface area contributed by atoms with E-state index in [2.05, 4.69) is 60.9 Å². The summed E-state index contributed by atoms with van der Waals surface area (Å²) < 4.78 is 0. The fourth-order valence-electron chi connectivity index (χ4n) is 3.03. The first-order chi connectivity index (χ1) is 9.29. The van der Waals surface area contributed by atoms with Crippen LogP contribution in [0.3, 0.4) is 0 Å². The minimum absolute atomic E-state index is 0.528. The van der Waals surface area contributed by atoms with Gasteiger partial charge in [-0.25, -0.2) is 0 Å². The van der Waals surface area contributed by atoms with Crippen molar-refractivity contribution in [2.75, 3.05) is 6.54 Å². The standard InChI is InChI=1S/C17H21NS/c1-3-18-17(14-9-12(2)19-11-14)16-10-15(16)13-7-5-4-6-8-13/h4-9,11,15-18H,3,10H2,1-2H3. The Morgan fingerprint density at radius 3 is 2.74 bits per heavy atom. The molecule has 1 heterocycles. The van der Waals surface area contributed by atoms with Crippen LogP contribution in [0, 0.1) is 12.8 Å². The minimum Gasteiger partial charge on any atom is -0.310 e. The molecule has 1 aromatic carbocycles. The number of hydrogen-bond acceptors (Lipinski definition) is 2. The molecule has 3 unspecified atom stereocenters. The highest BCUT2D eigenvalue weighted by atomic mass is 32.1. The fourth-order valence-corrected chi connectivity index (χ4v) is 3.77. The Hall–Kier alpha value is -1.12. The molecule has 2 aromatic rings. The van der Waals surface area contributed by atoms with Crippen molar-refractivity contribution in [2.24, 2.45) is 5.92 Å². The molecule has 19 heavy (non-hydrogen) atoms. The quantitative estimate of drug-likeness (QED) is 0.843. The summed E-state index contributed by atoms with van der Waals surface area (Å²) in [4.78, 5) is 1.41. The lowest BCUT2D eigenvalue weighted by Crippen LogP contribution is -2.22. The van der Waals surface area contributed by atoms with E-state index in [1.165, 1.54) is 22.4 Å². The Bertz CT molecular complexity index is 531. The number of benzene rings is 1. The van der Waals surface area contributed by atoms with E-state index < -0.39 is 0 Å². The van der Waals surface area contributed by atoms with Gasteiger partial charge in [0.25, 0.3) is 0 Å². The third-order valence-corrected chi connectivity index (χ3v) is 4.91. The zero-order chi connectivity index (χ0) is 13.2. The van der Waals surface area contributed by atoms with E-state index in [1.54, 1.807) is 0 Å². The molecule has 1 nitrogen and oxygen atoms in total. The number of hydrogen-bond donors (Lipinski definition) is 1. The second-order valence-electron chi connectivity index (χ2n) is 5.44. The van der Waals surface area contributed by atoms with Crippen molar-refractivity contribution in [1.82, 2.24) is 5.32 Å². The second-order valence-corrected chi connectivity index (χ2v) is 6.56. The predicted molar refractivity (Wildman–Crippen MR) is 82.8 cm³/mol. The zero-order valence-corrected chi connectivity index (χ0v) is 12.4. The van der Waals surface area contributed by atoms with Gasteiger partial charge in [-0.2, -0.15) is 0 Å². The maximum Gasteiger partial charge on any atom is 0.0362 e. The average Bonchev–Trinajstić information content (AvgIpc) is 3.12. The molecule has 0 spiro atoms. The molecule has 3 atom stereocenters. The van der Waals surface area contributed by atoms with E-state index in [1.807, 2.05) is 11.3 Å². The van der Waals surface area contributed by atoms with Crippen molar-refractivity contribution in [3.05, 3.63) is 57.8 Å². The van der Waals surface area contributed by atoms with Crippen molar-refractivity contribution >= 4 is 11.3 Å². The van der Waals surface area contributed by atoms with Crippen LogP contribution in [0.4, 0.5) is 0 Å². The first-order valence-electron chi connectivity index (χ1n) is 7.13. The molecule has 2 heteroatoms. The third kappa shape index (κ3) is 2.75. The highest BCUT2D eigenvalue weighted by Crippen LogP contribution is 2.54. The Balaban J connectivity index is 1.76. The molecule has 0 bridgehead atoms. The summed E-state index contributed by atoms with van der Waals surface area (Å²) in [5.74, 6) is 1.50. The summed E-state index contributed by atoms with van der Waals surface area (Å²) in [5, 5.41) is 6.00. The van der Waals surface area contributed by atoms with Gasteiger partial charge in [-0.3, -0.25) is 0 Å². The van der Waals surface area contributed by atoms with Crippen LogP contribution in [-0.4, -0.2) is 6.54 Å². The zero-order valence-electron chi connectivity index (χ0n) is 11.6. The number of aryl methyl sites for hydroxylation is 1. The van der Waals surface area contributed by atoms with Gasteiger partial charge in [0.15, 0.2) is 0 Å². The molecule has 1 N–H and O–H groups in total. The molecule has 1 saturated carbocycles. The lowest BCUT2D eigenvalue weighted by atomic mass is 10.0. The Labute approximate surface area is 119 Å². The summed E-state index contributed by atoms with van der Waals surface area (Å²) in [6, 6.07) is 13.8. The normalized spacial score (nSPS) is 23.3. The SMILES string of the molecule is CCNC(c1csc(C)c1)C1CC1c1ccccc1. The molecule has 0 radical (unpaired) electrons. The summed E-state index contributed by atoms with van der Waals surface area (Å²) in [6.45, 7) is 5.43. The van der Waals surface area contributed by atoms with Crippen LogP contribution in [0.25, 0.3) is 0 Å². The highest BCUT2D eigenvalue weighted by molar-refractivity contribution is 7.10. The van der Waals surface area contributed by atoms with Crippen molar-refractivity contribution in [3.63, 3.8) is 0 Å². The summed E-state index contributed by atoms with van der Waals surface area (Å²) >= 11 is 1.86. The number of thiophene rings is 1.